The van der Waals surface area contributed by atoms with Gasteiger partial charge >= 0.3 is 0 Å². The van der Waals surface area contributed by atoms with Gasteiger partial charge in [0.15, 0.2) is 0 Å². The Morgan fingerprint density at radius 1 is 1.17 bits per heavy atom. The van der Waals surface area contributed by atoms with Crippen LogP contribution >= 0.6 is 0 Å². The molecule has 0 saturated carbocycles. The van der Waals surface area contributed by atoms with Crippen LogP contribution in [0.15, 0.2) is 18.2 Å². The zero-order valence-electron chi connectivity index (χ0n) is 12.8. The summed E-state index contributed by atoms with van der Waals surface area (Å²) < 4.78 is 0. The predicted octanol–water partition coefficient (Wildman–Crippen LogP) is 4.26. The van der Waals surface area contributed by atoms with Crippen molar-refractivity contribution < 1.29 is 0 Å². The molecule has 102 valence electrons. The molecule has 0 heterocycles. The molecule has 18 heavy (non-hydrogen) atoms. The van der Waals surface area contributed by atoms with Crippen LogP contribution in [-0.2, 0) is 6.42 Å². The Morgan fingerprint density at radius 3 is 2.50 bits per heavy atom. The molecule has 0 radical (unpaired) electrons. The van der Waals surface area contributed by atoms with Crippen molar-refractivity contribution in [1.29, 1.82) is 0 Å². The van der Waals surface area contributed by atoms with Crippen molar-refractivity contribution in [1.82, 2.24) is 5.32 Å². The molecule has 1 unspecified atom stereocenters. The highest BCUT2D eigenvalue weighted by Crippen LogP contribution is 2.29. The lowest BCUT2D eigenvalue weighted by Gasteiger charge is -2.30. The lowest BCUT2D eigenvalue weighted by Crippen LogP contribution is -2.33. The van der Waals surface area contributed by atoms with Gasteiger partial charge in [0, 0.05) is 6.54 Å². The van der Waals surface area contributed by atoms with E-state index in [1.54, 1.807) is 0 Å². The lowest BCUT2D eigenvalue weighted by molar-refractivity contribution is 0.277. The van der Waals surface area contributed by atoms with Crippen molar-refractivity contribution in [3.8, 4) is 0 Å². The summed E-state index contributed by atoms with van der Waals surface area (Å²) >= 11 is 0. The average molecular weight is 247 g/mol. The number of rotatable bonds is 7. The molecule has 1 aromatic rings. The normalized spacial score (nSPS) is 14.5. The number of benzene rings is 1. The highest BCUT2D eigenvalue weighted by atomic mass is 14.9. The predicted molar refractivity (Wildman–Crippen MR) is 81.2 cm³/mol. The molecule has 1 nitrogen and oxygen atoms in total. The van der Waals surface area contributed by atoms with E-state index in [9.17, 15) is 0 Å². The molecular weight excluding hydrogens is 218 g/mol. The third-order valence-electron chi connectivity index (χ3n) is 3.78. The van der Waals surface area contributed by atoms with Crippen molar-refractivity contribution in [2.45, 2.75) is 53.9 Å². The monoisotopic (exact) mass is 247 g/mol. The first-order valence-corrected chi connectivity index (χ1v) is 7.27. The van der Waals surface area contributed by atoms with Gasteiger partial charge in [0.2, 0.25) is 0 Å². The zero-order chi connectivity index (χ0) is 13.6. The summed E-state index contributed by atoms with van der Waals surface area (Å²) in [5, 5.41) is 3.53. The smallest absolute Gasteiger partial charge is 0.000823 e. The van der Waals surface area contributed by atoms with Crippen LogP contribution in [0.25, 0.3) is 0 Å². The summed E-state index contributed by atoms with van der Waals surface area (Å²) in [6.45, 7) is 13.5. The Morgan fingerprint density at radius 2 is 1.89 bits per heavy atom. The van der Waals surface area contributed by atoms with Gasteiger partial charge in [0.05, 0.1) is 0 Å². The van der Waals surface area contributed by atoms with Gasteiger partial charge in [-0.05, 0) is 49.8 Å². The second kappa shape index (κ2) is 6.94. The van der Waals surface area contributed by atoms with E-state index in [1.807, 2.05) is 0 Å². The molecule has 0 saturated heterocycles. The number of nitrogens with one attached hydrogen (secondary N) is 1. The van der Waals surface area contributed by atoms with Crippen LogP contribution in [0.3, 0.4) is 0 Å². The second-order valence-corrected chi connectivity index (χ2v) is 5.95. The van der Waals surface area contributed by atoms with Crippen molar-refractivity contribution >= 4 is 0 Å². The van der Waals surface area contributed by atoms with Gasteiger partial charge in [-0.15, -0.1) is 0 Å². The summed E-state index contributed by atoms with van der Waals surface area (Å²) in [6.07, 6.45) is 3.72. The maximum Gasteiger partial charge on any atom is 0.000823 e. The van der Waals surface area contributed by atoms with Crippen molar-refractivity contribution in [3.63, 3.8) is 0 Å². The van der Waals surface area contributed by atoms with Crippen molar-refractivity contribution in [3.05, 3.63) is 34.9 Å². The largest absolute Gasteiger partial charge is 0.316 e. The van der Waals surface area contributed by atoms with E-state index in [1.165, 1.54) is 36.0 Å². The standard InChI is InChI=1S/C17H29N/c1-6-10-17(5,13-18-7-2)12-16-11-14(3)8-9-15(16)4/h8-9,11,18H,6-7,10,12-13H2,1-5H3. The van der Waals surface area contributed by atoms with Crippen molar-refractivity contribution in [2.75, 3.05) is 13.1 Å². The van der Waals surface area contributed by atoms with E-state index < -0.39 is 0 Å². The van der Waals surface area contributed by atoms with Gasteiger partial charge in [-0.1, -0.05) is 51.0 Å². The Labute approximate surface area is 113 Å². The van der Waals surface area contributed by atoms with E-state index in [0.717, 1.165) is 13.1 Å². The fourth-order valence-electron chi connectivity index (χ4n) is 2.72. The molecule has 0 aliphatic heterocycles. The van der Waals surface area contributed by atoms with Gasteiger partial charge < -0.3 is 5.32 Å². The lowest BCUT2D eigenvalue weighted by atomic mass is 9.78. The van der Waals surface area contributed by atoms with Gasteiger partial charge in [0.1, 0.15) is 0 Å². The topological polar surface area (TPSA) is 12.0 Å². The summed E-state index contributed by atoms with van der Waals surface area (Å²) in [5.74, 6) is 0. The van der Waals surface area contributed by atoms with E-state index in [4.69, 9.17) is 0 Å². The highest BCUT2D eigenvalue weighted by molar-refractivity contribution is 5.31. The Hall–Kier alpha value is -0.820. The minimum Gasteiger partial charge on any atom is -0.316 e. The molecule has 1 aromatic carbocycles. The van der Waals surface area contributed by atoms with Crippen LogP contribution in [0.4, 0.5) is 0 Å². The molecule has 1 N–H and O–H groups in total. The first-order chi connectivity index (χ1) is 8.50. The van der Waals surface area contributed by atoms with Crippen LogP contribution in [0.2, 0.25) is 0 Å². The zero-order valence-corrected chi connectivity index (χ0v) is 12.8. The first kappa shape index (κ1) is 15.2. The molecule has 1 atom stereocenters. The average Bonchev–Trinajstić information content (AvgIpc) is 2.32. The highest BCUT2D eigenvalue weighted by Gasteiger charge is 2.23. The van der Waals surface area contributed by atoms with Gasteiger partial charge in [-0.2, -0.15) is 0 Å². The molecule has 0 aromatic heterocycles. The summed E-state index contributed by atoms with van der Waals surface area (Å²) in [7, 11) is 0. The third-order valence-corrected chi connectivity index (χ3v) is 3.78. The van der Waals surface area contributed by atoms with Crippen LogP contribution in [-0.4, -0.2) is 13.1 Å². The molecule has 0 aliphatic rings. The van der Waals surface area contributed by atoms with Gasteiger partial charge in [0.25, 0.3) is 0 Å². The number of hydrogen-bond acceptors (Lipinski definition) is 1. The fourth-order valence-corrected chi connectivity index (χ4v) is 2.72. The maximum atomic E-state index is 3.53. The van der Waals surface area contributed by atoms with Gasteiger partial charge in [-0.25, -0.2) is 0 Å². The summed E-state index contributed by atoms with van der Waals surface area (Å²) in [6, 6.07) is 6.82. The molecule has 0 amide bonds. The molecule has 1 rings (SSSR count). The fraction of sp³-hybridized carbons (Fsp3) is 0.647. The SMILES string of the molecule is CCCC(C)(CNCC)Cc1cc(C)ccc1C. The maximum absolute atomic E-state index is 3.53. The number of hydrogen-bond donors (Lipinski definition) is 1. The van der Waals surface area contributed by atoms with E-state index in [0.29, 0.717) is 5.41 Å². The Bertz CT molecular complexity index is 370. The first-order valence-electron chi connectivity index (χ1n) is 7.27. The minimum atomic E-state index is 0.378. The molecule has 0 fully saturated rings. The summed E-state index contributed by atoms with van der Waals surface area (Å²) in [4.78, 5) is 0. The van der Waals surface area contributed by atoms with Crippen LogP contribution < -0.4 is 5.32 Å². The summed E-state index contributed by atoms with van der Waals surface area (Å²) in [5.41, 5.74) is 4.70. The molecule has 1 heteroatoms. The van der Waals surface area contributed by atoms with Crippen molar-refractivity contribution in [2.24, 2.45) is 5.41 Å². The second-order valence-electron chi connectivity index (χ2n) is 5.95. The minimum absolute atomic E-state index is 0.378. The third kappa shape index (κ3) is 4.45. The molecular formula is C17H29N. The number of aryl methyl sites for hydroxylation is 2. The Kier molecular flexibility index (Phi) is 5.87. The van der Waals surface area contributed by atoms with E-state index in [-0.39, 0.29) is 0 Å². The van der Waals surface area contributed by atoms with Gasteiger partial charge in [-0.3, -0.25) is 0 Å². The van der Waals surface area contributed by atoms with E-state index in [2.05, 4.69) is 58.1 Å². The molecule has 0 bridgehead atoms. The van der Waals surface area contributed by atoms with Crippen LogP contribution in [0, 0.1) is 19.3 Å². The molecule has 0 spiro atoms. The van der Waals surface area contributed by atoms with Crippen LogP contribution in [0.5, 0.6) is 0 Å². The van der Waals surface area contributed by atoms with E-state index >= 15 is 0 Å². The van der Waals surface area contributed by atoms with Crippen LogP contribution in [0.1, 0.15) is 50.3 Å². The quantitative estimate of drug-likeness (QED) is 0.759. The Balaban J connectivity index is 2.84. The molecule has 0 aliphatic carbocycles.